The molecule has 3 N–H and O–H groups in total. The van der Waals surface area contributed by atoms with E-state index in [9.17, 15) is 9.59 Å². The number of Topliss-reactive ketones (excluding diaryl/α,β-unsaturated/α-hetero) is 1. The second kappa shape index (κ2) is 5.16. The van der Waals surface area contributed by atoms with Crippen molar-refractivity contribution < 1.29 is 9.59 Å². The van der Waals surface area contributed by atoms with Gasteiger partial charge in [-0.25, -0.2) is 0 Å². The summed E-state index contributed by atoms with van der Waals surface area (Å²) in [5.74, 6) is -1.21. The van der Waals surface area contributed by atoms with Gasteiger partial charge >= 0.3 is 0 Å². The fourth-order valence-corrected chi connectivity index (χ4v) is 1.08. The summed E-state index contributed by atoms with van der Waals surface area (Å²) < 4.78 is 2.46. The van der Waals surface area contributed by atoms with Gasteiger partial charge in [0.25, 0.3) is 5.91 Å². The van der Waals surface area contributed by atoms with Crippen LogP contribution >= 0.6 is 12.8 Å². The molecule has 0 aromatic rings. The molecule has 0 aliphatic carbocycles. The second-order valence-electron chi connectivity index (χ2n) is 3.04. The van der Waals surface area contributed by atoms with Gasteiger partial charge in [-0.1, -0.05) is 26.7 Å². The molecule has 0 saturated heterocycles. The third-order valence-electron chi connectivity index (χ3n) is 1.42. The average molecular weight is 190 g/mol. The Morgan fingerprint density at radius 2 is 2.00 bits per heavy atom. The van der Waals surface area contributed by atoms with Crippen molar-refractivity contribution in [1.29, 1.82) is 0 Å². The van der Waals surface area contributed by atoms with Crippen molar-refractivity contribution in [2.75, 3.05) is 0 Å². The first-order valence-electron chi connectivity index (χ1n) is 3.72. The minimum Gasteiger partial charge on any atom is -0.363 e. The molecule has 0 aromatic heterocycles. The first-order chi connectivity index (χ1) is 5.49. The Morgan fingerprint density at radius 1 is 1.50 bits per heavy atom. The number of primary amides is 1. The summed E-state index contributed by atoms with van der Waals surface area (Å²) in [5, 5.41) is 0. The topological polar surface area (TPSA) is 72.2 Å². The van der Waals surface area contributed by atoms with Crippen LogP contribution in [0.4, 0.5) is 0 Å². The predicted octanol–water partition coefficient (Wildman–Crippen LogP) is -0.110. The van der Waals surface area contributed by atoms with Gasteiger partial charge in [0.15, 0.2) is 0 Å². The molecule has 0 fully saturated rings. The highest BCUT2D eigenvalue weighted by Crippen LogP contribution is 2.05. The third-order valence-corrected chi connectivity index (χ3v) is 1.73. The van der Waals surface area contributed by atoms with E-state index in [0.717, 1.165) is 0 Å². The van der Waals surface area contributed by atoms with Gasteiger partial charge in [0.2, 0.25) is 5.78 Å². The van der Waals surface area contributed by atoms with Crippen LogP contribution in [0.5, 0.6) is 0 Å². The molecular formula is C7H14N2O2S. The van der Waals surface area contributed by atoms with Crippen LogP contribution in [-0.2, 0) is 9.59 Å². The minimum absolute atomic E-state index is 0.318. The molecule has 0 aliphatic rings. The van der Waals surface area contributed by atoms with Gasteiger partial charge in [-0.05, 0) is 12.3 Å². The van der Waals surface area contributed by atoms with Crippen molar-refractivity contribution in [1.82, 2.24) is 4.72 Å². The molecular weight excluding hydrogens is 176 g/mol. The summed E-state index contributed by atoms with van der Waals surface area (Å²) in [7, 11) is 0. The minimum atomic E-state index is -0.915. The molecule has 1 amide bonds. The molecule has 0 bridgehead atoms. The first kappa shape index (κ1) is 11.4. The standard InChI is InChI=1S/C7H14N2O2S/c1-4(2)3-5(9-12)6(10)7(8)11/h4-5,9,12H,3H2,1-2H3,(H2,8,11). The Kier molecular flexibility index (Phi) is 4.92. The first-order valence-corrected chi connectivity index (χ1v) is 4.17. The van der Waals surface area contributed by atoms with Gasteiger partial charge in [0, 0.05) is 0 Å². The van der Waals surface area contributed by atoms with Crippen LogP contribution in [0, 0.1) is 5.92 Å². The Bertz CT molecular complexity index is 182. The van der Waals surface area contributed by atoms with Crippen LogP contribution in [0.3, 0.4) is 0 Å². The van der Waals surface area contributed by atoms with Gasteiger partial charge in [-0.3, -0.25) is 14.3 Å². The number of carbonyl (C=O) groups is 2. The monoisotopic (exact) mass is 190 g/mol. The molecule has 1 unspecified atom stereocenters. The van der Waals surface area contributed by atoms with E-state index in [1.165, 1.54) is 0 Å². The quantitative estimate of drug-likeness (QED) is 0.418. The van der Waals surface area contributed by atoms with E-state index in [-0.39, 0.29) is 0 Å². The van der Waals surface area contributed by atoms with E-state index in [2.05, 4.69) is 17.5 Å². The number of nitrogens with one attached hydrogen (secondary N) is 1. The lowest BCUT2D eigenvalue weighted by molar-refractivity contribution is -0.137. The van der Waals surface area contributed by atoms with Crippen molar-refractivity contribution in [3.05, 3.63) is 0 Å². The third kappa shape index (κ3) is 3.73. The van der Waals surface area contributed by atoms with Crippen LogP contribution in [0.2, 0.25) is 0 Å². The maximum Gasteiger partial charge on any atom is 0.286 e. The fourth-order valence-electron chi connectivity index (χ4n) is 0.861. The van der Waals surface area contributed by atoms with E-state index in [1.807, 2.05) is 13.8 Å². The Morgan fingerprint density at radius 3 is 2.25 bits per heavy atom. The molecule has 0 saturated carbocycles. The molecule has 0 rings (SSSR count). The summed E-state index contributed by atoms with van der Waals surface area (Å²) in [6, 6.07) is -0.564. The molecule has 0 aliphatic heterocycles. The van der Waals surface area contributed by atoms with Crippen molar-refractivity contribution in [3.8, 4) is 0 Å². The van der Waals surface area contributed by atoms with Gasteiger partial charge in [0.1, 0.15) is 0 Å². The molecule has 5 heteroatoms. The van der Waals surface area contributed by atoms with Crippen molar-refractivity contribution >= 4 is 24.5 Å². The zero-order chi connectivity index (χ0) is 9.72. The van der Waals surface area contributed by atoms with E-state index in [1.54, 1.807) is 0 Å². The summed E-state index contributed by atoms with van der Waals surface area (Å²) in [6.45, 7) is 3.90. The highest BCUT2D eigenvalue weighted by molar-refractivity contribution is 7.78. The number of amides is 1. The predicted molar refractivity (Wildman–Crippen MR) is 49.6 cm³/mol. The summed E-state index contributed by atoms with van der Waals surface area (Å²) in [6.07, 6.45) is 0.561. The summed E-state index contributed by atoms with van der Waals surface area (Å²) >= 11 is 3.75. The van der Waals surface area contributed by atoms with Crippen LogP contribution in [0.25, 0.3) is 0 Å². The summed E-state index contributed by atoms with van der Waals surface area (Å²) in [4.78, 5) is 21.5. The number of rotatable bonds is 5. The zero-order valence-corrected chi connectivity index (χ0v) is 8.10. The highest BCUT2D eigenvalue weighted by Gasteiger charge is 2.22. The van der Waals surface area contributed by atoms with Crippen LogP contribution in [0.1, 0.15) is 20.3 Å². The molecule has 0 radical (unpaired) electrons. The zero-order valence-electron chi connectivity index (χ0n) is 7.20. The molecule has 1 atom stereocenters. The molecule has 0 spiro atoms. The molecule has 70 valence electrons. The van der Waals surface area contributed by atoms with Crippen molar-refractivity contribution in [2.45, 2.75) is 26.3 Å². The number of nitrogens with two attached hydrogens (primary N) is 1. The van der Waals surface area contributed by atoms with E-state index in [4.69, 9.17) is 5.73 Å². The average Bonchev–Trinajstić information content (AvgIpc) is 1.98. The normalized spacial score (nSPS) is 13.0. The maximum atomic E-state index is 11.0. The van der Waals surface area contributed by atoms with E-state index < -0.39 is 17.7 Å². The molecule has 0 heterocycles. The number of hydrogen-bond acceptors (Lipinski definition) is 4. The largest absolute Gasteiger partial charge is 0.363 e. The fraction of sp³-hybridized carbons (Fsp3) is 0.714. The van der Waals surface area contributed by atoms with Crippen LogP contribution in [-0.4, -0.2) is 17.7 Å². The van der Waals surface area contributed by atoms with Crippen LogP contribution < -0.4 is 10.5 Å². The van der Waals surface area contributed by atoms with Gasteiger partial charge in [0.05, 0.1) is 6.04 Å². The smallest absolute Gasteiger partial charge is 0.286 e. The highest BCUT2D eigenvalue weighted by atomic mass is 32.1. The van der Waals surface area contributed by atoms with Crippen LogP contribution in [0.15, 0.2) is 0 Å². The lowest BCUT2D eigenvalue weighted by Gasteiger charge is -2.13. The molecule has 4 nitrogen and oxygen atoms in total. The number of hydrogen-bond donors (Lipinski definition) is 3. The molecule has 12 heavy (non-hydrogen) atoms. The van der Waals surface area contributed by atoms with E-state index >= 15 is 0 Å². The number of thiol groups is 1. The van der Waals surface area contributed by atoms with Gasteiger partial charge in [-0.15, -0.1) is 0 Å². The van der Waals surface area contributed by atoms with Crippen molar-refractivity contribution in [2.24, 2.45) is 11.7 Å². The van der Waals surface area contributed by atoms with Gasteiger partial charge < -0.3 is 5.73 Å². The van der Waals surface area contributed by atoms with E-state index in [0.29, 0.717) is 12.3 Å². The lowest BCUT2D eigenvalue weighted by atomic mass is 10.0. The lowest BCUT2D eigenvalue weighted by Crippen LogP contribution is -2.40. The Labute approximate surface area is 77.4 Å². The summed E-state index contributed by atoms with van der Waals surface area (Å²) in [5.41, 5.74) is 4.83. The SMILES string of the molecule is CC(C)CC(NS)C(=O)C(N)=O. The number of ketones is 1. The van der Waals surface area contributed by atoms with Gasteiger partial charge in [-0.2, -0.15) is 0 Å². The maximum absolute atomic E-state index is 11.0. The number of carbonyl (C=O) groups excluding carboxylic acids is 2. The Hall–Kier alpha value is -0.550. The second-order valence-corrected chi connectivity index (χ2v) is 3.30. The Balaban J connectivity index is 4.15. The molecule has 0 aromatic carbocycles. The van der Waals surface area contributed by atoms with Crippen molar-refractivity contribution in [3.63, 3.8) is 0 Å².